The lowest BCUT2D eigenvalue weighted by molar-refractivity contribution is -0.143. The number of carbonyl (C=O) groups is 1. The molecule has 0 amide bonds. The molecule has 0 heterocycles. The predicted molar refractivity (Wildman–Crippen MR) is 114 cm³/mol. The highest BCUT2D eigenvalue weighted by Gasteiger charge is 2.23. The van der Waals surface area contributed by atoms with E-state index in [4.69, 9.17) is 0 Å². The Labute approximate surface area is 163 Å². The fraction of sp³-hybridized carbons (Fsp3) is 0.957. The minimum atomic E-state index is -0.627. The van der Waals surface area contributed by atoms with Crippen molar-refractivity contribution in [3.05, 3.63) is 0 Å². The lowest BCUT2D eigenvalue weighted by atomic mass is 10.1. The maximum Gasteiger partial charge on any atom is 0.320 e. The molecule has 0 spiro atoms. The van der Waals surface area contributed by atoms with E-state index in [9.17, 15) is 9.90 Å². The maximum absolute atomic E-state index is 11.7. The molecule has 0 saturated carbocycles. The van der Waals surface area contributed by atoms with Gasteiger partial charge in [0.15, 0.2) is 0 Å². The summed E-state index contributed by atoms with van der Waals surface area (Å²) in [6.07, 6.45) is 19.8. The van der Waals surface area contributed by atoms with Crippen LogP contribution >= 0.6 is 0 Å². The molecule has 0 aliphatic carbocycles. The molecule has 0 aromatic heterocycles. The molecule has 0 rings (SSSR count). The summed E-state index contributed by atoms with van der Waals surface area (Å²) in [6, 6.07) is -0.278. The fourth-order valence-corrected chi connectivity index (χ4v) is 3.70. The summed E-state index contributed by atoms with van der Waals surface area (Å²) in [5.74, 6) is -0.627. The van der Waals surface area contributed by atoms with Gasteiger partial charge in [0.05, 0.1) is 0 Å². The molecule has 156 valence electrons. The van der Waals surface area contributed by atoms with E-state index in [0.717, 1.165) is 38.8 Å². The summed E-state index contributed by atoms with van der Waals surface area (Å²) in [4.78, 5) is 14.0. The van der Waals surface area contributed by atoms with E-state index < -0.39 is 5.97 Å². The number of carboxylic acid groups (broad SMARTS) is 1. The molecular weight excluding hydrogens is 322 g/mol. The molecular formula is C23H47NO2. The van der Waals surface area contributed by atoms with Gasteiger partial charge in [-0.2, -0.15) is 0 Å². The van der Waals surface area contributed by atoms with Crippen molar-refractivity contribution in [3.63, 3.8) is 0 Å². The van der Waals surface area contributed by atoms with Crippen molar-refractivity contribution in [1.29, 1.82) is 0 Å². The number of aliphatic carboxylic acids is 1. The summed E-state index contributed by atoms with van der Waals surface area (Å²) in [5, 5.41) is 9.63. The van der Waals surface area contributed by atoms with Gasteiger partial charge >= 0.3 is 5.97 Å². The Hall–Kier alpha value is -0.570. The summed E-state index contributed by atoms with van der Waals surface area (Å²) >= 11 is 0. The van der Waals surface area contributed by atoms with Crippen molar-refractivity contribution < 1.29 is 9.90 Å². The van der Waals surface area contributed by atoms with Crippen LogP contribution in [0.15, 0.2) is 0 Å². The van der Waals surface area contributed by atoms with Crippen LogP contribution in [0.3, 0.4) is 0 Å². The topological polar surface area (TPSA) is 40.5 Å². The first-order chi connectivity index (χ1) is 12.7. The van der Waals surface area contributed by atoms with Gasteiger partial charge in [-0.25, -0.2) is 0 Å². The SMILES string of the molecule is CCCCCCCCCN(CCCCCCCCC)C(CCC)C(=O)O. The molecule has 0 aromatic carbocycles. The van der Waals surface area contributed by atoms with Crippen molar-refractivity contribution in [2.75, 3.05) is 13.1 Å². The van der Waals surface area contributed by atoms with Gasteiger partial charge in [-0.05, 0) is 32.4 Å². The molecule has 26 heavy (non-hydrogen) atoms. The first-order valence-corrected chi connectivity index (χ1v) is 11.6. The Morgan fingerprint density at radius 3 is 1.38 bits per heavy atom. The second-order valence-electron chi connectivity index (χ2n) is 7.92. The third-order valence-electron chi connectivity index (χ3n) is 5.39. The van der Waals surface area contributed by atoms with Crippen molar-refractivity contribution in [2.24, 2.45) is 0 Å². The van der Waals surface area contributed by atoms with E-state index in [1.165, 1.54) is 77.0 Å². The average molecular weight is 370 g/mol. The number of unbranched alkanes of at least 4 members (excludes halogenated alkanes) is 12. The smallest absolute Gasteiger partial charge is 0.320 e. The van der Waals surface area contributed by atoms with Crippen molar-refractivity contribution in [2.45, 2.75) is 130 Å². The second-order valence-corrected chi connectivity index (χ2v) is 7.92. The minimum absolute atomic E-state index is 0.278. The number of hydrogen-bond acceptors (Lipinski definition) is 2. The van der Waals surface area contributed by atoms with Crippen molar-refractivity contribution >= 4 is 5.97 Å². The fourth-order valence-electron chi connectivity index (χ4n) is 3.70. The number of nitrogens with zero attached hydrogens (tertiary/aromatic N) is 1. The first-order valence-electron chi connectivity index (χ1n) is 11.6. The molecule has 0 bridgehead atoms. The Balaban J connectivity index is 4.14. The summed E-state index contributed by atoms with van der Waals surface area (Å²) in [5.41, 5.74) is 0. The van der Waals surface area contributed by atoms with E-state index in [1.807, 2.05) is 0 Å². The number of carboxylic acids is 1. The van der Waals surface area contributed by atoms with E-state index in [1.54, 1.807) is 0 Å². The molecule has 0 saturated heterocycles. The van der Waals surface area contributed by atoms with Gasteiger partial charge in [-0.1, -0.05) is 104 Å². The highest BCUT2D eigenvalue weighted by atomic mass is 16.4. The predicted octanol–water partition coefficient (Wildman–Crippen LogP) is 7.04. The number of rotatable bonds is 20. The molecule has 3 heteroatoms. The lowest BCUT2D eigenvalue weighted by Crippen LogP contribution is -2.42. The quantitative estimate of drug-likeness (QED) is 0.234. The third kappa shape index (κ3) is 14.6. The Kier molecular flexibility index (Phi) is 18.8. The van der Waals surface area contributed by atoms with Gasteiger partial charge in [0.2, 0.25) is 0 Å². The second kappa shape index (κ2) is 19.2. The van der Waals surface area contributed by atoms with Gasteiger partial charge < -0.3 is 5.11 Å². The summed E-state index contributed by atoms with van der Waals surface area (Å²) in [6.45, 7) is 8.51. The normalized spacial score (nSPS) is 12.6. The van der Waals surface area contributed by atoms with E-state index in [-0.39, 0.29) is 6.04 Å². The zero-order chi connectivity index (χ0) is 19.5. The molecule has 1 atom stereocenters. The van der Waals surface area contributed by atoms with Crippen LogP contribution in [0.2, 0.25) is 0 Å². The van der Waals surface area contributed by atoms with Gasteiger partial charge in [0, 0.05) is 0 Å². The molecule has 0 fully saturated rings. The molecule has 3 nitrogen and oxygen atoms in total. The molecule has 0 aliphatic heterocycles. The average Bonchev–Trinajstić information content (AvgIpc) is 2.63. The molecule has 1 unspecified atom stereocenters. The van der Waals surface area contributed by atoms with Crippen molar-refractivity contribution in [1.82, 2.24) is 4.90 Å². The van der Waals surface area contributed by atoms with Crippen LogP contribution in [-0.4, -0.2) is 35.1 Å². The number of hydrogen-bond donors (Lipinski definition) is 1. The molecule has 0 aliphatic rings. The van der Waals surface area contributed by atoms with Crippen LogP contribution in [-0.2, 0) is 4.79 Å². The summed E-state index contributed by atoms with van der Waals surface area (Å²) in [7, 11) is 0. The van der Waals surface area contributed by atoms with Crippen molar-refractivity contribution in [3.8, 4) is 0 Å². The van der Waals surface area contributed by atoms with E-state index >= 15 is 0 Å². The van der Waals surface area contributed by atoms with E-state index in [0.29, 0.717) is 0 Å². The van der Waals surface area contributed by atoms with Crippen LogP contribution in [0.1, 0.15) is 124 Å². The third-order valence-corrected chi connectivity index (χ3v) is 5.39. The van der Waals surface area contributed by atoms with Crippen LogP contribution in [0.4, 0.5) is 0 Å². The van der Waals surface area contributed by atoms with Crippen LogP contribution in [0.5, 0.6) is 0 Å². The Bertz CT molecular complexity index is 289. The molecule has 0 radical (unpaired) electrons. The zero-order valence-electron chi connectivity index (χ0n) is 18.1. The highest BCUT2D eigenvalue weighted by Crippen LogP contribution is 2.14. The van der Waals surface area contributed by atoms with Crippen LogP contribution < -0.4 is 0 Å². The Morgan fingerprint density at radius 1 is 0.654 bits per heavy atom. The maximum atomic E-state index is 11.7. The Morgan fingerprint density at radius 2 is 1.04 bits per heavy atom. The van der Waals surface area contributed by atoms with Gasteiger partial charge in [-0.15, -0.1) is 0 Å². The lowest BCUT2D eigenvalue weighted by Gasteiger charge is -2.29. The molecule has 1 N–H and O–H groups in total. The van der Waals surface area contributed by atoms with E-state index in [2.05, 4.69) is 25.7 Å². The van der Waals surface area contributed by atoms with Gasteiger partial charge in [-0.3, -0.25) is 9.69 Å². The largest absolute Gasteiger partial charge is 0.480 e. The minimum Gasteiger partial charge on any atom is -0.480 e. The van der Waals surface area contributed by atoms with Crippen LogP contribution in [0, 0.1) is 0 Å². The molecule has 0 aromatic rings. The monoisotopic (exact) mass is 369 g/mol. The summed E-state index contributed by atoms with van der Waals surface area (Å²) < 4.78 is 0. The standard InChI is InChI=1S/C23H47NO2/c1-4-7-9-11-13-15-17-20-24(22(19-6-3)23(25)26)21-18-16-14-12-10-8-5-2/h22H,4-21H2,1-3H3,(H,25,26). The highest BCUT2D eigenvalue weighted by molar-refractivity contribution is 5.73. The van der Waals surface area contributed by atoms with Gasteiger partial charge in [0.25, 0.3) is 0 Å². The van der Waals surface area contributed by atoms with Crippen LogP contribution in [0.25, 0.3) is 0 Å². The zero-order valence-corrected chi connectivity index (χ0v) is 18.1. The first kappa shape index (κ1) is 25.4. The van der Waals surface area contributed by atoms with Gasteiger partial charge in [0.1, 0.15) is 6.04 Å².